The SMILES string of the molecule is CC(C)Cn1c(Nc2cc(C(F)(F)F)ccc2Cl)nc(C(F)(F)F)cc1=O.CC(C)Cn1c(S(C)(=O)=O)nc(C(F)(F)F)cc1=O.Nc1cc(C(F)(F)F)ccc1Cl. The van der Waals surface area contributed by atoms with Crippen molar-refractivity contribution in [3.63, 3.8) is 0 Å². The summed E-state index contributed by atoms with van der Waals surface area (Å²) >= 11 is 11.3. The summed E-state index contributed by atoms with van der Waals surface area (Å²) in [6, 6.07) is 5.77. The Morgan fingerprint density at radius 3 is 1.48 bits per heavy atom. The molecule has 2 aromatic heterocycles. The molecule has 58 heavy (non-hydrogen) atoms. The molecule has 0 aliphatic heterocycles. The lowest BCUT2D eigenvalue weighted by Gasteiger charge is -2.18. The first kappa shape index (κ1) is 49.6. The molecule has 0 amide bonds. The van der Waals surface area contributed by atoms with E-state index in [0.29, 0.717) is 24.5 Å². The number of sulfone groups is 1. The van der Waals surface area contributed by atoms with E-state index in [1.807, 2.05) is 0 Å². The Labute approximate surface area is 331 Å². The monoisotopic (exact) mass is 906 g/mol. The van der Waals surface area contributed by atoms with Crippen LogP contribution in [0.1, 0.15) is 50.2 Å². The van der Waals surface area contributed by atoms with Crippen LogP contribution in [-0.2, 0) is 47.6 Å². The zero-order chi connectivity index (χ0) is 44.9. The Hall–Kier alpha value is -4.51. The molecule has 322 valence electrons. The number of rotatable bonds is 7. The van der Waals surface area contributed by atoms with Gasteiger partial charge in [0.15, 0.2) is 11.4 Å². The Bertz CT molecular complexity index is 2310. The molecular formula is C33H32Cl2F12N6O4S. The highest BCUT2D eigenvalue weighted by molar-refractivity contribution is 7.90. The smallest absolute Gasteiger partial charge is 0.398 e. The van der Waals surface area contributed by atoms with Gasteiger partial charge in [-0.3, -0.25) is 18.7 Å². The number of anilines is 3. The van der Waals surface area contributed by atoms with Gasteiger partial charge in [0.05, 0.1) is 32.5 Å². The number of halogens is 14. The molecule has 0 spiro atoms. The predicted octanol–water partition coefficient (Wildman–Crippen LogP) is 9.60. The number of nitrogens with two attached hydrogens (primary N) is 1. The van der Waals surface area contributed by atoms with E-state index in [1.54, 1.807) is 27.7 Å². The summed E-state index contributed by atoms with van der Waals surface area (Å²) in [6.45, 7) is 6.82. The molecule has 4 rings (SSSR count). The van der Waals surface area contributed by atoms with Crippen LogP contribution in [0.2, 0.25) is 10.0 Å². The average Bonchev–Trinajstić information content (AvgIpc) is 3.03. The van der Waals surface area contributed by atoms with Gasteiger partial charge in [0, 0.05) is 31.5 Å². The summed E-state index contributed by atoms with van der Waals surface area (Å²) in [7, 11) is -4.03. The Balaban J connectivity index is 0.000000325. The second-order valence-electron chi connectivity index (χ2n) is 12.9. The zero-order valence-corrected chi connectivity index (χ0v) is 32.7. The van der Waals surface area contributed by atoms with E-state index in [4.69, 9.17) is 28.9 Å². The maximum absolute atomic E-state index is 13.0. The topological polar surface area (TPSA) is 142 Å². The standard InChI is InChI=1S/C16H14ClF6N3O.C10H13F3N2O3S.C7H5ClF3N/c1-8(2)7-26-13(27)6-12(16(21,22)23)25-14(26)24-11-5-9(15(18,19)20)3-4-10(11)17;1-6(2)5-15-8(16)4-7(10(11,12)13)14-9(15)19(3,17)18;8-5-2-1-4(3-6(5)12)7(9,10)11/h3-6,8H,7H2,1-2H3,(H,24,25);4,6H,5H2,1-3H3;1-3H,12H2. The third-order valence-corrected chi connectivity index (χ3v) is 8.50. The quantitative estimate of drug-likeness (QED) is 0.106. The Morgan fingerprint density at radius 2 is 1.07 bits per heavy atom. The van der Waals surface area contributed by atoms with E-state index < -0.39 is 79.3 Å². The number of nitrogen functional groups attached to an aromatic ring is 1. The van der Waals surface area contributed by atoms with Crippen molar-refractivity contribution in [2.45, 2.75) is 70.6 Å². The van der Waals surface area contributed by atoms with Gasteiger partial charge in [-0.25, -0.2) is 18.4 Å². The molecule has 0 aliphatic rings. The van der Waals surface area contributed by atoms with Crippen LogP contribution in [0.3, 0.4) is 0 Å². The number of nitrogens with one attached hydrogen (secondary N) is 1. The van der Waals surface area contributed by atoms with Crippen molar-refractivity contribution in [2.75, 3.05) is 17.3 Å². The average molecular weight is 908 g/mol. The van der Waals surface area contributed by atoms with Gasteiger partial charge in [0.2, 0.25) is 20.9 Å². The van der Waals surface area contributed by atoms with Gasteiger partial charge in [-0.1, -0.05) is 50.9 Å². The van der Waals surface area contributed by atoms with Crippen molar-refractivity contribution < 1.29 is 61.1 Å². The van der Waals surface area contributed by atoms with Gasteiger partial charge in [0.1, 0.15) is 0 Å². The summed E-state index contributed by atoms with van der Waals surface area (Å²) in [5.41, 5.74) is -2.03. The van der Waals surface area contributed by atoms with Crippen LogP contribution in [0.15, 0.2) is 63.3 Å². The normalized spacial score (nSPS) is 12.5. The summed E-state index contributed by atoms with van der Waals surface area (Å²) in [5.74, 6) is -0.805. The van der Waals surface area contributed by atoms with Crippen LogP contribution in [0, 0.1) is 11.8 Å². The third-order valence-electron chi connectivity index (χ3n) is 6.85. The van der Waals surface area contributed by atoms with Crippen molar-refractivity contribution in [2.24, 2.45) is 11.8 Å². The highest BCUT2D eigenvalue weighted by Gasteiger charge is 2.37. The van der Waals surface area contributed by atoms with Crippen molar-refractivity contribution in [3.05, 3.63) is 102 Å². The highest BCUT2D eigenvalue weighted by atomic mass is 35.5. The number of alkyl halides is 12. The van der Waals surface area contributed by atoms with E-state index >= 15 is 0 Å². The molecule has 0 bridgehead atoms. The third kappa shape index (κ3) is 14.4. The van der Waals surface area contributed by atoms with Crippen LogP contribution < -0.4 is 22.2 Å². The highest BCUT2D eigenvalue weighted by Crippen LogP contribution is 2.36. The van der Waals surface area contributed by atoms with E-state index in [1.165, 1.54) is 0 Å². The first-order valence-electron chi connectivity index (χ1n) is 16.0. The van der Waals surface area contributed by atoms with Crippen molar-refractivity contribution in [3.8, 4) is 0 Å². The van der Waals surface area contributed by atoms with Crippen LogP contribution in [0.4, 0.5) is 70.0 Å². The van der Waals surface area contributed by atoms with Crippen molar-refractivity contribution in [1.29, 1.82) is 0 Å². The van der Waals surface area contributed by atoms with E-state index in [0.717, 1.165) is 39.5 Å². The minimum atomic E-state index is -4.90. The first-order chi connectivity index (χ1) is 26.1. The summed E-state index contributed by atoms with van der Waals surface area (Å²) in [4.78, 5) is 30.2. The minimum absolute atomic E-state index is 0.00286. The fraction of sp³-hybridized carbons (Fsp3) is 0.394. The first-order valence-corrected chi connectivity index (χ1v) is 18.6. The fourth-order valence-corrected chi connectivity index (χ4v) is 5.48. The number of aromatic nitrogens is 4. The molecule has 2 heterocycles. The molecule has 0 radical (unpaired) electrons. The van der Waals surface area contributed by atoms with Crippen LogP contribution in [0.25, 0.3) is 0 Å². The van der Waals surface area contributed by atoms with E-state index in [2.05, 4.69) is 15.3 Å². The van der Waals surface area contributed by atoms with Gasteiger partial charge in [-0.15, -0.1) is 0 Å². The summed E-state index contributed by atoms with van der Waals surface area (Å²) < 4.78 is 176. The van der Waals surface area contributed by atoms with Gasteiger partial charge in [-0.05, 0) is 48.2 Å². The summed E-state index contributed by atoms with van der Waals surface area (Å²) in [5, 5.41) is 1.42. The molecule has 4 aromatic rings. The zero-order valence-electron chi connectivity index (χ0n) is 30.4. The number of hydrogen-bond donors (Lipinski definition) is 2. The number of nitrogens with zero attached hydrogens (tertiary/aromatic N) is 4. The molecule has 3 N–H and O–H groups in total. The lowest BCUT2D eigenvalue weighted by Crippen LogP contribution is -2.30. The van der Waals surface area contributed by atoms with Gasteiger partial charge in [-0.2, -0.15) is 52.7 Å². The van der Waals surface area contributed by atoms with Gasteiger partial charge >= 0.3 is 24.7 Å². The lowest BCUT2D eigenvalue weighted by atomic mass is 10.2. The molecule has 2 aromatic carbocycles. The maximum atomic E-state index is 13.0. The Morgan fingerprint density at radius 1 is 0.655 bits per heavy atom. The van der Waals surface area contributed by atoms with Crippen LogP contribution in [0.5, 0.6) is 0 Å². The summed E-state index contributed by atoms with van der Waals surface area (Å²) in [6.07, 6.45) is -18.1. The lowest BCUT2D eigenvalue weighted by molar-refractivity contribution is -0.142. The van der Waals surface area contributed by atoms with Gasteiger partial charge < -0.3 is 11.1 Å². The molecular weight excluding hydrogens is 875 g/mol. The maximum Gasteiger partial charge on any atom is 0.433 e. The largest absolute Gasteiger partial charge is 0.433 e. The van der Waals surface area contributed by atoms with E-state index in [9.17, 15) is 70.7 Å². The van der Waals surface area contributed by atoms with Crippen molar-refractivity contribution in [1.82, 2.24) is 19.1 Å². The molecule has 0 saturated heterocycles. The number of benzene rings is 2. The minimum Gasteiger partial charge on any atom is -0.398 e. The second-order valence-corrected chi connectivity index (χ2v) is 15.6. The Kier molecular flexibility index (Phi) is 15.9. The molecule has 0 unspecified atom stereocenters. The van der Waals surface area contributed by atoms with Crippen molar-refractivity contribution >= 4 is 50.4 Å². The molecule has 0 atom stereocenters. The fourth-order valence-electron chi connectivity index (χ4n) is 4.37. The molecule has 0 aliphatic carbocycles. The van der Waals surface area contributed by atoms with E-state index in [-0.39, 0.29) is 46.3 Å². The predicted molar refractivity (Wildman–Crippen MR) is 190 cm³/mol. The van der Waals surface area contributed by atoms with Crippen LogP contribution >= 0.6 is 23.2 Å². The second kappa shape index (κ2) is 18.6. The van der Waals surface area contributed by atoms with Gasteiger partial charge in [0.25, 0.3) is 11.1 Å². The molecule has 0 saturated carbocycles. The number of hydrogen-bond acceptors (Lipinski definition) is 8. The molecule has 25 heteroatoms. The van der Waals surface area contributed by atoms with Crippen LogP contribution in [-0.4, -0.2) is 33.8 Å². The molecule has 10 nitrogen and oxygen atoms in total. The molecule has 0 fully saturated rings.